The lowest BCUT2D eigenvalue weighted by molar-refractivity contribution is -0.117. The molecule has 0 aliphatic rings. The van der Waals surface area contributed by atoms with Crippen molar-refractivity contribution in [2.24, 2.45) is 5.92 Å². The average molecular weight is 403 g/mol. The fourth-order valence-electron chi connectivity index (χ4n) is 3.39. The van der Waals surface area contributed by atoms with Gasteiger partial charge in [0.05, 0.1) is 0 Å². The SMILES string of the molecule is CCCCCCC(C)CC(Br)CCCCCCCCCCC(C)=O. The summed E-state index contributed by atoms with van der Waals surface area (Å²) in [7, 11) is 0. The zero-order chi connectivity index (χ0) is 18.0. The monoisotopic (exact) mass is 402 g/mol. The van der Waals surface area contributed by atoms with Crippen LogP contribution in [0.1, 0.15) is 124 Å². The third-order valence-electron chi connectivity index (χ3n) is 5.00. The molecule has 1 nitrogen and oxygen atoms in total. The molecule has 0 aliphatic heterocycles. The first kappa shape index (κ1) is 24.1. The molecule has 0 aliphatic carbocycles. The van der Waals surface area contributed by atoms with Crippen molar-refractivity contribution in [1.82, 2.24) is 0 Å². The number of rotatable bonds is 18. The van der Waals surface area contributed by atoms with Gasteiger partial charge in [-0.1, -0.05) is 107 Å². The third-order valence-corrected chi connectivity index (χ3v) is 5.84. The summed E-state index contributed by atoms with van der Waals surface area (Å²) < 4.78 is 0. The van der Waals surface area contributed by atoms with Gasteiger partial charge in [-0.15, -0.1) is 0 Å². The van der Waals surface area contributed by atoms with Crippen LogP contribution in [0.3, 0.4) is 0 Å². The van der Waals surface area contributed by atoms with E-state index in [1.54, 1.807) is 6.92 Å². The summed E-state index contributed by atoms with van der Waals surface area (Å²) in [4.78, 5) is 11.6. The maximum absolute atomic E-state index is 10.8. The van der Waals surface area contributed by atoms with Gasteiger partial charge < -0.3 is 4.79 Å². The number of carbonyl (C=O) groups excluding carboxylic acids is 1. The van der Waals surface area contributed by atoms with Gasteiger partial charge in [0.15, 0.2) is 0 Å². The van der Waals surface area contributed by atoms with E-state index in [1.807, 2.05) is 0 Å². The first-order chi connectivity index (χ1) is 11.6. The van der Waals surface area contributed by atoms with Crippen molar-refractivity contribution in [2.45, 2.75) is 128 Å². The van der Waals surface area contributed by atoms with E-state index in [0.29, 0.717) is 5.78 Å². The summed E-state index contributed by atoms with van der Waals surface area (Å²) in [6.45, 7) is 6.41. The number of hydrogen-bond acceptors (Lipinski definition) is 1. The highest BCUT2D eigenvalue weighted by molar-refractivity contribution is 9.09. The number of unbranched alkanes of at least 4 members (excludes halogenated alkanes) is 10. The minimum atomic E-state index is 0.342. The van der Waals surface area contributed by atoms with Crippen LogP contribution in [0.2, 0.25) is 0 Å². The van der Waals surface area contributed by atoms with Gasteiger partial charge in [0.25, 0.3) is 0 Å². The van der Waals surface area contributed by atoms with Gasteiger partial charge in [0.1, 0.15) is 5.78 Å². The molecule has 2 heteroatoms. The maximum Gasteiger partial charge on any atom is 0.129 e. The Balaban J connectivity index is 3.30. The van der Waals surface area contributed by atoms with Crippen LogP contribution < -0.4 is 0 Å². The largest absolute Gasteiger partial charge is 0.300 e. The Morgan fingerprint density at radius 1 is 0.792 bits per heavy atom. The molecule has 0 saturated heterocycles. The molecule has 0 spiro atoms. The van der Waals surface area contributed by atoms with E-state index in [9.17, 15) is 4.79 Å². The van der Waals surface area contributed by atoms with Crippen LogP contribution in [0.4, 0.5) is 0 Å². The van der Waals surface area contributed by atoms with Crippen molar-refractivity contribution in [3.8, 4) is 0 Å². The van der Waals surface area contributed by atoms with E-state index < -0.39 is 0 Å². The standard InChI is InChI=1S/C22H43BrO/c1-4-5-6-13-16-20(2)19-22(23)18-15-12-10-8-7-9-11-14-17-21(3)24/h20,22H,4-19H2,1-3H3. The summed E-state index contributed by atoms with van der Waals surface area (Å²) in [5.74, 6) is 1.22. The number of Topliss-reactive ketones (excluding diaryl/α,β-unsaturated/α-hetero) is 1. The Bertz CT molecular complexity index is 277. The van der Waals surface area contributed by atoms with Gasteiger partial charge in [0.2, 0.25) is 0 Å². The molecule has 0 radical (unpaired) electrons. The number of ketones is 1. The minimum Gasteiger partial charge on any atom is -0.300 e. The van der Waals surface area contributed by atoms with E-state index in [2.05, 4.69) is 29.8 Å². The maximum atomic E-state index is 10.8. The smallest absolute Gasteiger partial charge is 0.129 e. The molecule has 0 aromatic heterocycles. The van der Waals surface area contributed by atoms with Gasteiger partial charge in [-0.05, 0) is 32.1 Å². The van der Waals surface area contributed by atoms with Crippen LogP contribution in [0.5, 0.6) is 0 Å². The second-order valence-electron chi connectivity index (χ2n) is 7.86. The molecular formula is C22H43BrO. The van der Waals surface area contributed by atoms with Crippen molar-refractivity contribution >= 4 is 21.7 Å². The molecule has 0 amide bonds. The van der Waals surface area contributed by atoms with Crippen LogP contribution in [0.25, 0.3) is 0 Å². The third kappa shape index (κ3) is 18.5. The quantitative estimate of drug-likeness (QED) is 0.166. The summed E-state index contributed by atoms with van der Waals surface area (Å²) in [6.07, 6.45) is 21.0. The molecular weight excluding hydrogens is 360 g/mol. The highest BCUT2D eigenvalue weighted by atomic mass is 79.9. The molecule has 0 saturated carbocycles. The van der Waals surface area contributed by atoms with Crippen LogP contribution in [-0.2, 0) is 4.79 Å². The predicted molar refractivity (Wildman–Crippen MR) is 112 cm³/mol. The van der Waals surface area contributed by atoms with Crippen LogP contribution in [-0.4, -0.2) is 10.6 Å². The molecule has 0 fully saturated rings. The van der Waals surface area contributed by atoms with Crippen molar-refractivity contribution < 1.29 is 4.79 Å². The number of hydrogen-bond donors (Lipinski definition) is 0. The molecule has 0 aromatic carbocycles. The highest BCUT2D eigenvalue weighted by Gasteiger charge is 2.09. The van der Waals surface area contributed by atoms with E-state index in [0.717, 1.165) is 23.6 Å². The molecule has 144 valence electrons. The molecule has 0 bridgehead atoms. The molecule has 0 heterocycles. The topological polar surface area (TPSA) is 17.1 Å². The number of carbonyl (C=O) groups is 1. The Morgan fingerprint density at radius 3 is 1.88 bits per heavy atom. The van der Waals surface area contributed by atoms with Crippen molar-refractivity contribution in [3.05, 3.63) is 0 Å². The first-order valence-electron chi connectivity index (χ1n) is 10.7. The zero-order valence-corrected chi connectivity index (χ0v) is 18.3. The number of halogens is 1. The second kappa shape index (κ2) is 18.0. The molecule has 2 atom stereocenters. The molecule has 0 rings (SSSR count). The zero-order valence-electron chi connectivity index (χ0n) is 16.8. The van der Waals surface area contributed by atoms with E-state index in [4.69, 9.17) is 0 Å². The number of alkyl halides is 1. The first-order valence-corrected chi connectivity index (χ1v) is 11.6. The van der Waals surface area contributed by atoms with Crippen LogP contribution in [0.15, 0.2) is 0 Å². The lowest BCUT2D eigenvalue weighted by Crippen LogP contribution is -2.05. The summed E-state index contributed by atoms with van der Waals surface area (Å²) in [6, 6.07) is 0. The van der Waals surface area contributed by atoms with Crippen molar-refractivity contribution in [3.63, 3.8) is 0 Å². The van der Waals surface area contributed by atoms with E-state index >= 15 is 0 Å². The minimum absolute atomic E-state index is 0.342. The fraction of sp³-hybridized carbons (Fsp3) is 0.955. The van der Waals surface area contributed by atoms with E-state index in [-0.39, 0.29) is 0 Å². The van der Waals surface area contributed by atoms with Gasteiger partial charge in [-0.2, -0.15) is 0 Å². The summed E-state index contributed by atoms with van der Waals surface area (Å²) >= 11 is 3.90. The lowest BCUT2D eigenvalue weighted by Gasteiger charge is -2.16. The lowest BCUT2D eigenvalue weighted by atomic mass is 9.96. The molecule has 0 N–H and O–H groups in total. The van der Waals surface area contributed by atoms with Crippen LogP contribution in [0, 0.1) is 5.92 Å². The highest BCUT2D eigenvalue weighted by Crippen LogP contribution is 2.23. The van der Waals surface area contributed by atoms with Crippen molar-refractivity contribution in [1.29, 1.82) is 0 Å². The fourth-order valence-corrected chi connectivity index (χ4v) is 4.35. The second-order valence-corrected chi connectivity index (χ2v) is 9.15. The summed E-state index contributed by atoms with van der Waals surface area (Å²) in [5.41, 5.74) is 0. The summed E-state index contributed by atoms with van der Waals surface area (Å²) in [5, 5.41) is 0. The Morgan fingerprint density at radius 2 is 1.29 bits per heavy atom. The molecule has 2 unspecified atom stereocenters. The van der Waals surface area contributed by atoms with Gasteiger partial charge in [-0.25, -0.2) is 0 Å². The van der Waals surface area contributed by atoms with Gasteiger partial charge >= 0.3 is 0 Å². The predicted octanol–water partition coefficient (Wildman–Crippen LogP) is 8.24. The molecule has 24 heavy (non-hydrogen) atoms. The average Bonchev–Trinajstić information content (AvgIpc) is 2.53. The van der Waals surface area contributed by atoms with Crippen LogP contribution >= 0.6 is 15.9 Å². The normalized spacial score (nSPS) is 13.8. The van der Waals surface area contributed by atoms with Gasteiger partial charge in [-0.3, -0.25) is 0 Å². The Hall–Kier alpha value is 0.150. The van der Waals surface area contributed by atoms with Crippen molar-refractivity contribution in [2.75, 3.05) is 0 Å². The Kier molecular flexibility index (Phi) is 18.1. The molecule has 0 aromatic rings. The van der Waals surface area contributed by atoms with E-state index in [1.165, 1.54) is 89.9 Å². The Labute approximate surface area is 160 Å². The van der Waals surface area contributed by atoms with Gasteiger partial charge in [0, 0.05) is 11.2 Å².